The second kappa shape index (κ2) is 5.70. The zero-order chi connectivity index (χ0) is 14.0. The molecule has 0 saturated heterocycles. The van der Waals surface area contributed by atoms with E-state index in [0.717, 1.165) is 11.3 Å². The van der Waals surface area contributed by atoms with Crippen molar-refractivity contribution in [2.45, 2.75) is 33.1 Å². The van der Waals surface area contributed by atoms with Crippen LogP contribution in [0.4, 0.5) is 0 Å². The summed E-state index contributed by atoms with van der Waals surface area (Å²) in [6.07, 6.45) is 0.643. The topological polar surface area (TPSA) is 45.8 Å². The number of benzene rings is 1. The predicted molar refractivity (Wildman–Crippen MR) is 80.6 cm³/mol. The Bertz CT molecular complexity index is 647. The third-order valence-electron chi connectivity index (χ3n) is 2.94. The number of aromatic nitrogens is 2. The number of hydrogen-bond donors (Lipinski definition) is 1. The van der Waals surface area contributed by atoms with Gasteiger partial charge in [0, 0.05) is 6.42 Å². The third kappa shape index (κ3) is 3.32. The molecule has 0 aliphatic rings. The lowest BCUT2D eigenvalue weighted by atomic mass is 10.1. The Morgan fingerprint density at radius 3 is 2.74 bits per heavy atom. The van der Waals surface area contributed by atoms with Gasteiger partial charge in [0.25, 0.3) is 5.56 Å². The zero-order valence-electron chi connectivity index (χ0n) is 11.3. The highest BCUT2D eigenvalue weighted by Crippen LogP contribution is 2.19. The third-order valence-corrected chi connectivity index (χ3v) is 3.70. The van der Waals surface area contributed by atoms with Crippen LogP contribution in [0, 0.1) is 6.92 Å². The molecule has 2 rings (SSSR count). The number of hydrogen-bond acceptors (Lipinski definition) is 2. The standard InChI is InChI=1S/C15H17BrN2O/c1-9(2)14-13(16)15(19)18-12(17-14)8-11-6-4-5-10(3)7-11/h4-7,9H,8H2,1-3H3,(H,17,18,19). The number of rotatable bonds is 3. The van der Waals surface area contributed by atoms with Crippen molar-refractivity contribution in [1.29, 1.82) is 0 Å². The van der Waals surface area contributed by atoms with Crippen molar-refractivity contribution >= 4 is 15.9 Å². The molecule has 3 nitrogen and oxygen atoms in total. The van der Waals surface area contributed by atoms with E-state index in [1.807, 2.05) is 26.0 Å². The summed E-state index contributed by atoms with van der Waals surface area (Å²) >= 11 is 3.31. The molecule has 4 heteroatoms. The van der Waals surface area contributed by atoms with Crippen molar-refractivity contribution in [3.8, 4) is 0 Å². The molecule has 1 N–H and O–H groups in total. The van der Waals surface area contributed by atoms with Gasteiger partial charge in [-0.3, -0.25) is 4.79 Å². The molecule has 1 heterocycles. The summed E-state index contributed by atoms with van der Waals surface area (Å²) < 4.78 is 0.537. The summed E-state index contributed by atoms with van der Waals surface area (Å²) in [5.74, 6) is 0.926. The Labute approximate surface area is 121 Å². The Morgan fingerprint density at radius 2 is 2.11 bits per heavy atom. The van der Waals surface area contributed by atoms with Crippen molar-refractivity contribution in [2.75, 3.05) is 0 Å². The molecule has 0 unspecified atom stereocenters. The average molecular weight is 321 g/mol. The van der Waals surface area contributed by atoms with Crippen LogP contribution in [0.2, 0.25) is 0 Å². The van der Waals surface area contributed by atoms with E-state index in [4.69, 9.17) is 0 Å². The molecule has 1 aromatic heterocycles. The average Bonchev–Trinajstić information content (AvgIpc) is 2.33. The molecule has 0 atom stereocenters. The Balaban J connectivity index is 2.39. The summed E-state index contributed by atoms with van der Waals surface area (Å²) in [7, 11) is 0. The van der Waals surface area contributed by atoms with Crippen LogP contribution in [0.25, 0.3) is 0 Å². The second-order valence-corrected chi connectivity index (χ2v) is 5.83. The lowest BCUT2D eigenvalue weighted by Gasteiger charge is -2.09. The van der Waals surface area contributed by atoms with Crippen LogP contribution in [-0.4, -0.2) is 9.97 Å². The Morgan fingerprint density at radius 1 is 1.37 bits per heavy atom. The number of aryl methyl sites for hydroxylation is 1. The van der Waals surface area contributed by atoms with Gasteiger partial charge in [-0.25, -0.2) is 4.98 Å². The van der Waals surface area contributed by atoms with Crippen LogP contribution in [0.15, 0.2) is 33.5 Å². The monoisotopic (exact) mass is 320 g/mol. The Hall–Kier alpha value is -1.42. The summed E-state index contributed by atoms with van der Waals surface area (Å²) in [5, 5.41) is 0. The maximum Gasteiger partial charge on any atom is 0.265 e. The molecular weight excluding hydrogens is 304 g/mol. The van der Waals surface area contributed by atoms with E-state index in [1.54, 1.807) is 0 Å². The van der Waals surface area contributed by atoms with E-state index in [1.165, 1.54) is 5.56 Å². The molecule has 0 aliphatic heterocycles. The van der Waals surface area contributed by atoms with Crippen LogP contribution in [0.3, 0.4) is 0 Å². The maximum absolute atomic E-state index is 11.9. The van der Waals surface area contributed by atoms with Crippen molar-refractivity contribution in [3.63, 3.8) is 0 Å². The largest absolute Gasteiger partial charge is 0.309 e. The van der Waals surface area contributed by atoms with E-state index in [9.17, 15) is 4.79 Å². The SMILES string of the molecule is Cc1cccc(Cc2nc(C(C)C)c(Br)c(=O)[nH]2)c1. The fourth-order valence-corrected chi connectivity index (χ4v) is 2.65. The summed E-state index contributed by atoms with van der Waals surface area (Å²) in [4.78, 5) is 19.3. The number of nitrogens with zero attached hydrogens (tertiary/aromatic N) is 1. The van der Waals surface area contributed by atoms with Gasteiger partial charge < -0.3 is 4.98 Å². The molecule has 0 radical (unpaired) electrons. The van der Waals surface area contributed by atoms with Crippen LogP contribution in [-0.2, 0) is 6.42 Å². The highest BCUT2D eigenvalue weighted by Gasteiger charge is 2.12. The second-order valence-electron chi connectivity index (χ2n) is 5.03. The van der Waals surface area contributed by atoms with Gasteiger partial charge in [0.1, 0.15) is 10.3 Å². The first-order valence-electron chi connectivity index (χ1n) is 6.31. The fraction of sp³-hybridized carbons (Fsp3) is 0.333. The molecule has 0 amide bonds. The number of aromatic amines is 1. The van der Waals surface area contributed by atoms with Crippen molar-refractivity contribution in [2.24, 2.45) is 0 Å². The van der Waals surface area contributed by atoms with Crippen LogP contribution in [0.5, 0.6) is 0 Å². The number of nitrogens with one attached hydrogen (secondary N) is 1. The highest BCUT2D eigenvalue weighted by atomic mass is 79.9. The van der Waals surface area contributed by atoms with Crippen molar-refractivity contribution < 1.29 is 0 Å². The van der Waals surface area contributed by atoms with Gasteiger partial charge in [-0.15, -0.1) is 0 Å². The molecule has 0 saturated carbocycles. The van der Waals surface area contributed by atoms with Gasteiger partial charge >= 0.3 is 0 Å². The van der Waals surface area contributed by atoms with Crippen LogP contribution >= 0.6 is 15.9 Å². The molecule has 1 aromatic carbocycles. The predicted octanol–water partition coefficient (Wildman–Crippen LogP) is 3.56. The van der Waals surface area contributed by atoms with E-state index < -0.39 is 0 Å². The fourth-order valence-electron chi connectivity index (χ4n) is 2.01. The minimum Gasteiger partial charge on any atom is -0.309 e. The van der Waals surface area contributed by atoms with Crippen molar-refractivity contribution in [3.05, 3.63) is 61.7 Å². The van der Waals surface area contributed by atoms with E-state index in [0.29, 0.717) is 16.7 Å². The molecule has 0 spiro atoms. The summed E-state index contributed by atoms with van der Waals surface area (Å²) in [5.41, 5.74) is 3.06. The lowest BCUT2D eigenvalue weighted by molar-refractivity contribution is 0.775. The number of H-pyrrole nitrogens is 1. The first-order chi connectivity index (χ1) is 8.97. The van der Waals surface area contributed by atoms with Gasteiger partial charge in [0.15, 0.2) is 0 Å². The summed E-state index contributed by atoms with van der Waals surface area (Å²) in [6.45, 7) is 6.12. The highest BCUT2D eigenvalue weighted by molar-refractivity contribution is 9.10. The van der Waals surface area contributed by atoms with Crippen molar-refractivity contribution in [1.82, 2.24) is 9.97 Å². The summed E-state index contributed by atoms with van der Waals surface area (Å²) in [6, 6.07) is 8.23. The molecular formula is C15H17BrN2O. The minimum atomic E-state index is -0.110. The smallest absolute Gasteiger partial charge is 0.265 e. The van der Waals surface area contributed by atoms with Gasteiger partial charge in [0.2, 0.25) is 0 Å². The Kier molecular flexibility index (Phi) is 4.20. The van der Waals surface area contributed by atoms with E-state index in [2.05, 4.69) is 45.0 Å². The molecule has 0 aliphatic carbocycles. The lowest BCUT2D eigenvalue weighted by Crippen LogP contribution is -2.16. The number of halogens is 1. The van der Waals surface area contributed by atoms with E-state index in [-0.39, 0.29) is 11.5 Å². The van der Waals surface area contributed by atoms with Crippen LogP contribution < -0.4 is 5.56 Å². The molecule has 100 valence electrons. The first kappa shape index (κ1) is 14.0. The normalized spacial score (nSPS) is 11.0. The molecule has 2 aromatic rings. The van der Waals surface area contributed by atoms with Gasteiger partial charge in [-0.05, 0) is 34.3 Å². The molecule has 0 fully saturated rings. The zero-order valence-corrected chi connectivity index (χ0v) is 12.9. The van der Waals surface area contributed by atoms with Gasteiger partial charge in [-0.2, -0.15) is 0 Å². The van der Waals surface area contributed by atoms with Gasteiger partial charge in [-0.1, -0.05) is 43.7 Å². The molecule has 0 bridgehead atoms. The first-order valence-corrected chi connectivity index (χ1v) is 7.11. The minimum absolute atomic E-state index is 0.110. The van der Waals surface area contributed by atoms with Gasteiger partial charge in [0.05, 0.1) is 5.69 Å². The van der Waals surface area contributed by atoms with E-state index >= 15 is 0 Å². The molecule has 19 heavy (non-hydrogen) atoms. The van der Waals surface area contributed by atoms with Crippen LogP contribution in [0.1, 0.15) is 42.4 Å². The maximum atomic E-state index is 11.9. The quantitative estimate of drug-likeness (QED) is 0.939.